The van der Waals surface area contributed by atoms with Gasteiger partial charge in [-0.05, 0) is 28.8 Å². The van der Waals surface area contributed by atoms with Gasteiger partial charge in [-0.1, -0.05) is 61.2 Å². The van der Waals surface area contributed by atoms with Crippen molar-refractivity contribution in [3.63, 3.8) is 0 Å². The molecule has 21 heavy (non-hydrogen) atoms. The molecular weight excluding hydrogens is 254 g/mol. The highest BCUT2D eigenvalue weighted by Crippen LogP contribution is 2.24. The van der Waals surface area contributed by atoms with Gasteiger partial charge in [-0.3, -0.25) is 0 Å². The summed E-state index contributed by atoms with van der Waals surface area (Å²) in [7, 11) is 0. The van der Waals surface area contributed by atoms with E-state index in [0.717, 1.165) is 29.8 Å². The average Bonchev–Trinajstić information content (AvgIpc) is 2.55. The molecule has 0 aliphatic carbocycles. The lowest BCUT2D eigenvalue weighted by molar-refractivity contribution is 0.957. The van der Waals surface area contributed by atoms with Crippen LogP contribution in [-0.2, 0) is 0 Å². The van der Waals surface area contributed by atoms with E-state index in [2.05, 4.69) is 61.0 Å². The first-order chi connectivity index (χ1) is 10.3. The van der Waals surface area contributed by atoms with Crippen molar-refractivity contribution in [3.8, 4) is 0 Å². The maximum Gasteiger partial charge on any atom is 0.0372 e. The molecular formula is C20H21N. The lowest BCUT2D eigenvalue weighted by atomic mass is 9.99. The second-order valence-electron chi connectivity index (χ2n) is 4.87. The Balaban J connectivity index is 2.20. The van der Waals surface area contributed by atoms with Crippen molar-refractivity contribution in [1.29, 1.82) is 0 Å². The maximum absolute atomic E-state index is 4.20. The normalized spacial score (nSPS) is 9.90. The zero-order valence-electron chi connectivity index (χ0n) is 12.3. The van der Waals surface area contributed by atoms with Crippen LogP contribution in [0.25, 0.3) is 5.57 Å². The zero-order valence-corrected chi connectivity index (χ0v) is 12.3. The van der Waals surface area contributed by atoms with Crippen LogP contribution in [0.2, 0.25) is 0 Å². The van der Waals surface area contributed by atoms with E-state index in [1.807, 2.05) is 30.4 Å². The van der Waals surface area contributed by atoms with Gasteiger partial charge in [-0.2, -0.15) is 0 Å². The van der Waals surface area contributed by atoms with Gasteiger partial charge in [0.2, 0.25) is 0 Å². The summed E-state index contributed by atoms with van der Waals surface area (Å²) in [6.07, 6.45) is 3.81. The Morgan fingerprint density at radius 3 is 1.86 bits per heavy atom. The third-order valence-corrected chi connectivity index (χ3v) is 3.40. The molecule has 0 fully saturated rings. The number of nitrogens with zero attached hydrogens (tertiary/aromatic N) is 1. The first-order valence-corrected chi connectivity index (χ1v) is 7.07. The Morgan fingerprint density at radius 1 is 0.810 bits per heavy atom. The summed E-state index contributed by atoms with van der Waals surface area (Å²) in [4.78, 5) is 2.22. The Bertz CT molecular complexity index is 598. The minimum Gasteiger partial charge on any atom is -0.364 e. The molecule has 106 valence electrons. The molecule has 0 aliphatic rings. The van der Waals surface area contributed by atoms with Gasteiger partial charge in [0.1, 0.15) is 0 Å². The topological polar surface area (TPSA) is 3.24 Å². The zero-order chi connectivity index (χ0) is 15.1. The Labute approximate surface area is 127 Å². The lowest BCUT2D eigenvalue weighted by Crippen LogP contribution is -2.22. The van der Waals surface area contributed by atoms with Gasteiger partial charge in [0, 0.05) is 18.8 Å². The van der Waals surface area contributed by atoms with Crippen LogP contribution in [0.5, 0.6) is 0 Å². The monoisotopic (exact) mass is 275 g/mol. The summed E-state index contributed by atoms with van der Waals surface area (Å²) >= 11 is 0. The highest BCUT2D eigenvalue weighted by atomic mass is 15.1. The van der Waals surface area contributed by atoms with Gasteiger partial charge < -0.3 is 4.90 Å². The molecule has 2 aromatic carbocycles. The van der Waals surface area contributed by atoms with E-state index in [4.69, 9.17) is 0 Å². The molecule has 0 heterocycles. The van der Waals surface area contributed by atoms with E-state index >= 15 is 0 Å². The molecule has 0 amide bonds. The molecule has 0 radical (unpaired) electrons. The van der Waals surface area contributed by atoms with Crippen molar-refractivity contribution in [2.75, 3.05) is 18.0 Å². The van der Waals surface area contributed by atoms with Crippen LogP contribution in [0.4, 0.5) is 5.69 Å². The van der Waals surface area contributed by atoms with Crippen molar-refractivity contribution in [2.45, 2.75) is 0 Å². The van der Waals surface area contributed by atoms with E-state index in [1.54, 1.807) is 0 Å². The number of hydrogen-bond acceptors (Lipinski definition) is 1. The fourth-order valence-electron chi connectivity index (χ4n) is 2.28. The summed E-state index contributed by atoms with van der Waals surface area (Å²) in [5.74, 6) is 0. The summed E-state index contributed by atoms with van der Waals surface area (Å²) in [6, 6.07) is 18.7. The van der Waals surface area contributed by atoms with Crippen LogP contribution >= 0.6 is 0 Å². The average molecular weight is 275 g/mol. The number of benzene rings is 2. The van der Waals surface area contributed by atoms with Crippen LogP contribution < -0.4 is 4.90 Å². The van der Waals surface area contributed by atoms with Crippen molar-refractivity contribution < 1.29 is 0 Å². The molecule has 0 aromatic heterocycles. The molecule has 2 rings (SSSR count). The van der Waals surface area contributed by atoms with Gasteiger partial charge in [0.25, 0.3) is 0 Å². The van der Waals surface area contributed by atoms with E-state index in [1.165, 1.54) is 5.69 Å². The van der Waals surface area contributed by atoms with E-state index in [9.17, 15) is 0 Å². The van der Waals surface area contributed by atoms with Crippen LogP contribution in [0.3, 0.4) is 0 Å². The largest absolute Gasteiger partial charge is 0.364 e. The van der Waals surface area contributed by atoms with Crippen molar-refractivity contribution in [3.05, 3.63) is 97.6 Å². The van der Waals surface area contributed by atoms with E-state index in [0.29, 0.717) is 0 Å². The first kappa shape index (κ1) is 14.9. The van der Waals surface area contributed by atoms with E-state index < -0.39 is 0 Å². The molecule has 0 atom stereocenters. The molecule has 0 unspecified atom stereocenters. The molecule has 0 N–H and O–H groups in total. The Hall–Kier alpha value is -2.54. The number of hydrogen-bond donors (Lipinski definition) is 0. The molecule has 0 bridgehead atoms. The van der Waals surface area contributed by atoms with Crippen LogP contribution in [-0.4, -0.2) is 13.1 Å². The third kappa shape index (κ3) is 3.73. The van der Waals surface area contributed by atoms with E-state index in [-0.39, 0.29) is 0 Å². The van der Waals surface area contributed by atoms with Crippen molar-refractivity contribution >= 4 is 11.3 Å². The standard InChI is InChI=1S/C20H21N/c1-4-15-21(16-5-2)20-13-11-19(12-14-20)17(3)18-9-7-6-8-10-18/h4-14H,1-3,15-16H2. The fraction of sp³-hybridized carbons (Fsp3) is 0.100. The van der Waals surface area contributed by atoms with Gasteiger partial charge in [0.15, 0.2) is 0 Å². The van der Waals surface area contributed by atoms with Gasteiger partial charge >= 0.3 is 0 Å². The molecule has 1 heteroatoms. The molecule has 0 aliphatic heterocycles. The molecule has 1 nitrogen and oxygen atoms in total. The maximum atomic E-state index is 4.20. The fourth-order valence-corrected chi connectivity index (χ4v) is 2.28. The Kier molecular flexibility index (Phi) is 5.16. The minimum absolute atomic E-state index is 0.811. The molecule has 0 saturated carbocycles. The molecule has 0 spiro atoms. The van der Waals surface area contributed by atoms with Gasteiger partial charge in [-0.15, -0.1) is 13.2 Å². The predicted molar refractivity (Wildman–Crippen MR) is 93.6 cm³/mol. The predicted octanol–water partition coefficient (Wildman–Crippen LogP) is 4.93. The highest BCUT2D eigenvalue weighted by molar-refractivity contribution is 5.78. The number of anilines is 1. The lowest BCUT2D eigenvalue weighted by Gasteiger charge is -2.22. The van der Waals surface area contributed by atoms with Crippen molar-refractivity contribution in [1.82, 2.24) is 0 Å². The third-order valence-electron chi connectivity index (χ3n) is 3.40. The van der Waals surface area contributed by atoms with Crippen LogP contribution in [0, 0.1) is 0 Å². The number of rotatable bonds is 7. The summed E-state index contributed by atoms with van der Waals surface area (Å²) < 4.78 is 0. The summed E-state index contributed by atoms with van der Waals surface area (Å²) in [6.45, 7) is 13.4. The second-order valence-corrected chi connectivity index (χ2v) is 4.87. The molecule has 0 saturated heterocycles. The smallest absolute Gasteiger partial charge is 0.0372 e. The van der Waals surface area contributed by atoms with Crippen LogP contribution in [0.15, 0.2) is 86.5 Å². The summed E-state index contributed by atoms with van der Waals surface area (Å²) in [5, 5.41) is 0. The minimum atomic E-state index is 0.811. The molecule has 2 aromatic rings. The summed E-state index contributed by atoms with van der Waals surface area (Å²) in [5.41, 5.74) is 4.50. The van der Waals surface area contributed by atoms with Crippen molar-refractivity contribution in [2.24, 2.45) is 0 Å². The van der Waals surface area contributed by atoms with Crippen LogP contribution in [0.1, 0.15) is 11.1 Å². The quantitative estimate of drug-likeness (QED) is 0.648. The highest BCUT2D eigenvalue weighted by Gasteiger charge is 2.05. The first-order valence-electron chi connectivity index (χ1n) is 7.07. The second kappa shape index (κ2) is 7.30. The van der Waals surface area contributed by atoms with Gasteiger partial charge in [-0.25, -0.2) is 0 Å². The van der Waals surface area contributed by atoms with Gasteiger partial charge in [0.05, 0.1) is 0 Å². The SMILES string of the molecule is C=CCN(CC=C)c1ccc(C(=C)c2ccccc2)cc1. The Morgan fingerprint density at radius 2 is 1.33 bits per heavy atom.